The molecule has 4 N–H and O–H groups in total. The van der Waals surface area contributed by atoms with Gasteiger partial charge in [0, 0.05) is 17.8 Å². The minimum absolute atomic E-state index is 0.618. The summed E-state index contributed by atoms with van der Waals surface area (Å²) < 4.78 is 5.61. The average molecular weight is 228 g/mol. The largest absolute Gasteiger partial charge is 0.493 e. The van der Waals surface area contributed by atoms with Gasteiger partial charge in [-0.3, -0.25) is 0 Å². The zero-order chi connectivity index (χ0) is 12.1. The fraction of sp³-hybridized carbons (Fsp3) is 0.143. The van der Waals surface area contributed by atoms with Crippen molar-refractivity contribution in [1.82, 2.24) is 0 Å². The molecule has 2 aromatic carbocycles. The normalized spacial score (nSPS) is 10.1. The van der Waals surface area contributed by atoms with E-state index in [1.807, 2.05) is 42.5 Å². The SMILES string of the molecule is Nc1cc(N)cc(CCOc2ccccc2)c1. The summed E-state index contributed by atoms with van der Waals surface area (Å²) in [7, 11) is 0. The van der Waals surface area contributed by atoms with Crippen molar-refractivity contribution in [3.8, 4) is 5.75 Å². The molecule has 0 saturated carbocycles. The Bertz CT molecular complexity index is 463. The van der Waals surface area contributed by atoms with Gasteiger partial charge < -0.3 is 16.2 Å². The van der Waals surface area contributed by atoms with Crippen LogP contribution in [0.5, 0.6) is 5.75 Å². The van der Waals surface area contributed by atoms with E-state index < -0.39 is 0 Å². The Labute approximate surface area is 101 Å². The van der Waals surface area contributed by atoms with Crippen LogP contribution >= 0.6 is 0 Å². The summed E-state index contributed by atoms with van der Waals surface area (Å²) in [5, 5.41) is 0. The van der Waals surface area contributed by atoms with Crippen molar-refractivity contribution in [3.63, 3.8) is 0 Å². The third kappa shape index (κ3) is 3.41. The smallest absolute Gasteiger partial charge is 0.119 e. The number of hydrogen-bond donors (Lipinski definition) is 2. The Morgan fingerprint density at radius 1 is 0.882 bits per heavy atom. The van der Waals surface area contributed by atoms with Gasteiger partial charge >= 0.3 is 0 Å². The van der Waals surface area contributed by atoms with Crippen LogP contribution in [0.1, 0.15) is 5.56 Å². The lowest BCUT2D eigenvalue weighted by atomic mass is 10.1. The molecule has 0 aromatic heterocycles. The lowest BCUT2D eigenvalue weighted by Gasteiger charge is -2.07. The maximum absolute atomic E-state index is 5.72. The van der Waals surface area contributed by atoms with Crippen molar-refractivity contribution >= 4 is 11.4 Å². The van der Waals surface area contributed by atoms with Gasteiger partial charge in [-0.1, -0.05) is 18.2 Å². The molecular weight excluding hydrogens is 212 g/mol. The molecule has 0 atom stereocenters. The summed E-state index contributed by atoms with van der Waals surface area (Å²) in [6.07, 6.45) is 0.796. The van der Waals surface area contributed by atoms with Crippen LogP contribution < -0.4 is 16.2 Å². The highest BCUT2D eigenvalue weighted by Gasteiger charge is 1.98. The van der Waals surface area contributed by atoms with Crippen LogP contribution in [0.4, 0.5) is 11.4 Å². The van der Waals surface area contributed by atoms with Crippen molar-refractivity contribution in [1.29, 1.82) is 0 Å². The van der Waals surface area contributed by atoms with E-state index in [1.165, 1.54) is 0 Å². The lowest BCUT2D eigenvalue weighted by Crippen LogP contribution is -2.02. The summed E-state index contributed by atoms with van der Waals surface area (Å²) in [6.45, 7) is 0.618. The molecule has 0 bridgehead atoms. The van der Waals surface area contributed by atoms with Gasteiger partial charge in [0.2, 0.25) is 0 Å². The van der Waals surface area contributed by atoms with Crippen molar-refractivity contribution in [2.24, 2.45) is 0 Å². The zero-order valence-corrected chi connectivity index (χ0v) is 9.60. The lowest BCUT2D eigenvalue weighted by molar-refractivity contribution is 0.322. The van der Waals surface area contributed by atoms with Crippen molar-refractivity contribution in [3.05, 3.63) is 54.1 Å². The third-order valence-electron chi connectivity index (χ3n) is 2.44. The highest BCUT2D eigenvalue weighted by Crippen LogP contribution is 2.15. The van der Waals surface area contributed by atoms with E-state index in [-0.39, 0.29) is 0 Å². The van der Waals surface area contributed by atoms with Crippen LogP contribution in [-0.2, 0) is 6.42 Å². The molecule has 0 aliphatic heterocycles. The quantitative estimate of drug-likeness (QED) is 0.790. The van der Waals surface area contributed by atoms with Crippen LogP contribution in [0.15, 0.2) is 48.5 Å². The van der Waals surface area contributed by atoms with Crippen molar-refractivity contribution in [2.75, 3.05) is 18.1 Å². The van der Waals surface area contributed by atoms with Gasteiger partial charge in [-0.05, 0) is 35.9 Å². The Morgan fingerprint density at radius 3 is 2.18 bits per heavy atom. The molecule has 2 rings (SSSR count). The van der Waals surface area contributed by atoms with Gasteiger partial charge in [0.1, 0.15) is 5.75 Å². The maximum Gasteiger partial charge on any atom is 0.119 e. The number of nitrogens with two attached hydrogens (primary N) is 2. The van der Waals surface area contributed by atoms with E-state index in [1.54, 1.807) is 6.07 Å². The summed E-state index contributed by atoms with van der Waals surface area (Å²) in [6, 6.07) is 15.3. The summed E-state index contributed by atoms with van der Waals surface area (Å²) >= 11 is 0. The Balaban J connectivity index is 1.90. The molecular formula is C14H16N2O. The fourth-order valence-corrected chi connectivity index (χ4v) is 1.69. The molecule has 2 aromatic rings. The van der Waals surface area contributed by atoms with Crippen molar-refractivity contribution in [2.45, 2.75) is 6.42 Å². The van der Waals surface area contributed by atoms with Crippen LogP contribution in [0.3, 0.4) is 0 Å². The standard InChI is InChI=1S/C14H16N2O/c15-12-8-11(9-13(16)10-12)6-7-17-14-4-2-1-3-5-14/h1-5,8-10H,6-7,15-16H2. The molecule has 0 unspecified atom stereocenters. The van der Waals surface area contributed by atoms with E-state index in [0.29, 0.717) is 18.0 Å². The first-order valence-electron chi connectivity index (χ1n) is 5.57. The predicted molar refractivity (Wildman–Crippen MR) is 70.9 cm³/mol. The van der Waals surface area contributed by atoms with Gasteiger partial charge in [-0.25, -0.2) is 0 Å². The summed E-state index contributed by atoms with van der Waals surface area (Å²) in [5.41, 5.74) is 13.9. The molecule has 0 fully saturated rings. The predicted octanol–water partition coefficient (Wildman–Crippen LogP) is 2.47. The minimum atomic E-state index is 0.618. The van der Waals surface area contributed by atoms with Gasteiger partial charge in [-0.2, -0.15) is 0 Å². The van der Waals surface area contributed by atoms with Crippen LogP contribution in [-0.4, -0.2) is 6.61 Å². The molecule has 0 amide bonds. The molecule has 0 heterocycles. The first kappa shape index (κ1) is 11.3. The van der Waals surface area contributed by atoms with E-state index in [2.05, 4.69) is 0 Å². The monoisotopic (exact) mass is 228 g/mol. The number of benzene rings is 2. The van der Waals surface area contributed by atoms with Crippen LogP contribution in [0, 0.1) is 0 Å². The first-order valence-corrected chi connectivity index (χ1v) is 5.57. The maximum atomic E-state index is 5.72. The summed E-state index contributed by atoms with van der Waals surface area (Å²) in [4.78, 5) is 0. The average Bonchev–Trinajstić information content (AvgIpc) is 2.29. The molecule has 88 valence electrons. The van der Waals surface area contributed by atoms with E-state index in [9.17, 15) is 0 Å². The number of hydrogen-bond acceptors (Lipinski definition) is 3. The van der Waals surface area contributed by atoms with Crippen LogP contribution in [0.25, 0.3) is 0 Å². The number of para-hydroxylation sites is 1. The minimum Gasteiger partial charge on any atom is -0.493 e. The van der Waals surface area contributed by atoms with E-state index in [4.69, 9.17) is 16.2 Å². The molecule has 0 aliphatic carbocycles. The fourth-order valence-electron chi connectivity index (χ4n) is 1.69. The number of rotatable bonds is 4. The summed E-state index contributed by atoms with van der Waals surface area (Å²) in [5.74, 6) is 0.879. The molecule has 0 radical (unpaired) electrons. The van der Waals surface area contributed by atoms with Crippen LogP contribution in [0.2, 0.25) is 0 Å². The highest BCUT2D eigenvalue weighted by atomic mass is 16.5. The van der Waals surface area contributed by atoms with Gasteiger partial charge in [0.05, 0.1) is 6.61 Å². The first-order chi connectivity index (χ1) is 8.24. The Kier molecular flexibility index (Phi) is 3.50. The molecule has 0 saturated heterocycles. The highest BCUT2D eigenvalue weighted by molar-refractivity contribution is 5.54. The molecule has 3 nitrogen and oxygen atoms in total. The van der Waals surface area contributed by atoms with Gasteiger partial charge in [-0.15, -0.1) is 0 Å². The topological polar surface area (TPSA) is 61.3 Å². The molecule has 0 aliphatic rings. The van der Waals surface area contributed by atoms with Crippen molar-refractivity contribution < 1.29 is 4.74 Å². The van der Waals surface area contributed by atoms with Gasteiger partial charge in [0.15, 0.2) is 0 Å². The second-order valence-electron chi connectivity index (χ2n) is 3.92. The van der Waals surface area contributed by atoms with E-state index in [0.717, 1.165) is 17.7 Å². The second kappa shape index (κ2) is 5.25. The Hall–Kier alpha value is -2.16. The molecule has 0 spiro atoms. The third-order valence-corrected chi connectivity index (χ3v) is 2.44. The molecule has 3 heteroatoms. The number of ether oxygens (including phenoxy) is 1. The second-order valence-corrected chi connectivity index (χ2v) is 3.92. The number of nitrogen functional groups attached to an aromatic ring is 2. The van der Waals surface area contributed by atoms with Gasteiger partial charge in [0.25, 0.3) is 0 Å². The zero-order valence-electron chi connectivity index (χ0n) is 9.60. The Morgan fingerprint density at radius 2 is 1.53 bits per heavy atom. The van der Waals surface area contributed by atoms with E-state index >= 15 is 0 Å². The molecule has 17 heavy (non-hydrogen) atoms. The number of anilines is 2.